The highest BCUT2D eigenvalue weighted by atomic mass is 79.9. The largest absolute Gasteiger partial charge is 0.495 e. The molecule has 0 aromatic heterocycles. The lowest BCUT2D eigenvalue weighted by Crippen LogP contribution is -2.15. The molecule has 0 amide bonds. The van der Waals surface area contributed by atoms with Gasteiger partial charge in [-0.3, -0.25) is 4.72 Å². The first-order valence-electron chi connectivity index (χ1n) is 5.75. The number of hydrogen-bond acceptors (Lipinski definition) is 4. The first-order chi connectivity index (χ1) is 9.83. The van der Waals surface area contributed by atoms with E-state index in [1.54, 1.807) is 24.3 Å². The summed E-state index contributed by atoms with van der Waals surface area (Å²) in [4.78, 5) is -0.00102. The Bertz CT molecular complexity index is 779. The molecule has 0 aliphatic carbocycles. The van der Waals surface area contributed by atoms with Gasteiger partial charge in [0.2, 0.25) is 0 Å². The van der Waals surface area contributed by atoms with Crippen LogP contribution in [0.3, 0.4) is 0 Å². The molecule has 0 unspecified atom stereocenters. The number of nitrogens with one attached hydrogen (secondary N) is 1. The van der Waals surface area contributed by atoms with Gasteiger partial charge < -0.3 is 10.5 Å². The minimum atomic E-state index is -3.82. The summed E-state index contributed by atoms with van der Waals surface area (Å²) in [5, 5.41) is 0. The fourth-order valence-electron chi connectivity index (χ4n) is 1.70. The van der Waals surface area contributed by atoms with Crippen molar-refractivity contribution in [1.82, 2.24) is 0 Å². The number of anilines is 2. The number of benzene rings is 2. The molecule has 0 aliphatic rings. The van der Waals surface area contributed by atoms with E-state index in [4.69, 9.17) is 10.5 Å². The summed E-state index contributed by atoms with van der Waals surface area (Å²) in [7, 11) is -2.35. The molecule has 0 saturated heterocycles. The first kappa shape index (κ1) is 16.1. The summed E-state index contributed by atoms with van der Waals surface area (Å²) >= 11 is 6.53. The van der Waals surface area contributed by atoms with Crippen LogP contribution in [-0.4, -0.2) is 15.5 Å². The van der Waals surface area contributed by atoms with E-state index in [-0.39, 0.29) is 10.6 Å². The molecule has 0 atom stereocenters. The van der Waals surface area contributed by atoms with Crippen molar-refractivity contribution in [1.29, 1.82) is 0 Å². The molecule has 2 aromatic rings. The van der Waals surface area contributed by atoms with Crippen molar-refractivity contribution >= 4 is 53.3 Å². The van der Waals surface area contributed by atoms with Crippen molar-refractivity contribution < 1.29 is 13.2 Å². The molecule has 0 aliphatic heterocycles. The zero-order valence-electron chi connectivity index (χ0n) is 10.9. The maximum atomic E-state index is 12.5. The van der Waals surface area contributed by atoms with E-state index in [9.17, 15) is 8.42 Å². The van der Waals surface area contributed by atoms with Gasteiger partial charge in [-0.2, -0.15) is 0 Å². The number of nitrogens with two attached hydrogens (primary N) is 1. The minimum Gasteiger partial charge on any atom is -0.495 e. The molecule has 0 radical (unpaired) electrons. The van der Waals surface area contributed by atoms with Crippen LogP contribution in [-0.2, 0) is 10.0 Å². The monoisotopic (exact) mass is 434 g/mol. The van der Waals surface area contributed by atoms with Gasteiger partial charge in [0.25, 0.3) is 10.0 Å². The van der Waals surface area contributed by atoms with E-state index in [1.165, 1.54) is 19.2 Å². The fourth-order valence-corrected chi connectivity index (χ4v) is 3.79. The highest BCUT2D eigenvalue weighted by molar-refractivity contribution is 9.10. The average molecular weight is 436 g/mol. The summed E-state index contributed by atoms with van der Waals surface area (Å²) in [5.74, 6) is 0.412. The number of ether oxygens (including phenoxy) is 1. The van der Waals surface area contributed by atoms with Crippen molar-refractivity contribution in [2.45, 2.75) is 4.90 Å². The Kier molecular flexibility index (Phi) is 4.80. The van der Waals surface area contributed by atoms with E-state index in [1.807, 2.05) is 0 Å². The summed E-state index contributed by atoms with van der Waals surface area (Å²) in [6.07, 6.45) is 0. The highest BCUT2D eigenvalue weighted by Crippen LogP contribution is 2.31. The van der Waals surface area contributed by atoms with Gasteiger partial charge in [0, 0.05) is 8.95 Å². The van der Waals surface area contributed by atoms with Crippen LogP contribution in [0, 0.1) is 0 Å². The van der Waals surface area contributed by atoms with E-state index in [2.05, 4.69) is 36.6 Å². The second-order valence-electron chi connectivity index (χ2n) is 4.13. The van der Waals surface area contributed by atoms with Crippen molar-refractivity contribution in [2.75, 3.05) is 17.6 Å². The minimum absolute atomic E-state index is 0.00102. The van der Waals surface area contributed by atoms with Gasteiger partial charge in [-0.15, -0.1) is 0 Å². The molecule has 0 saturated carbocycles. The Balaban J connectivity index is 2.47. The molecule has 21 heavy (non-hydrogen) atoms. The molecule has 2 aromatic carbocycles. The lowest BCUT2D eigenvalue weighted by Gasteiger charge is -2.13. The highest BCUT2D eigenvalue weighted by Gasteiger charge is 2.20. The van der Waals surface area contributed by atoms with Crippen molar-refractivity contribution in [3.63, 3.8) is 0 Å². The molecule has 112 valence electrons. The number of hydrogen-bond donors (Lipinski definition) is 2. The average Bonchev–Trinajstić information content (AvgIpc) is 2.41. The number of rotatable bonds is 4. The van der Waals surface area contributed by atoms with Gasteiger partial charge in [-0.1, -0.05) is 31.9 Å². The van der Waals surface area contributed by atoms with Crippen LogP contribution in [0.1, 0.15) is 0 Å². The predicted octanol–water partition coefficient (Wildman–Crippen LogP) is 3.60. The number of sulfonamides is 1. The predicted molar refractivity (Wildman–Crippen MR) is 90.1 cm³/mol. The summed E-state index contributed by atoms with van der Waals surface area (Å²) in [6, 6.07) is 9.67. The first-order valence-corrected chi connectivity index (χ1v) is 8.82. The second kappa shape index (κ2) is 6.25. The lowest BCUT2D eigenvalue weighted by atomic mass is 10.3. The maximum absolute atomic E-state index is 12.5. The Morgan fingerprint density at radius 2 is 1.71 bits per heavy atom. The SMILES string of the molecule is COc1ccc(Br)cc1NS(=O)(=O)c1cc(Br)ccc1N. The number of methoxy groups -OCH3 is 1. The third-order valence-electron chi connectivity index (χ3n) is 2.67. The van der Waals surface area contributed by atoms with E-state index >= 15 is 0 Å². The Labute approximate surface area is 139 Å². The molecule has 5 nitrogen and oxygen atoms in total. The quantitative estimate of drug-likeness (QED) is 0.718. The Hall–Kier alpha value is -1.25. The van der Waals surface area contributed by atoms with Gasteiger partial charge in [0.1, 0.15) is 10.6 Å². The van der Waals surface area contributed by atoms with Crippen molar-refractivity contribution in [3.05, 3.63) is 45.3 Å². The molecule has 2 rings (SSSR count). The standard InChI is InChI=1S/C13H12Br2N2O3S/c1-20-12-5-3-8(14)6-11(12)17-21(18,19)13-7-9(15)2-4-10(13)16/h2-7,17H,16H2,1H3. The number of nitrogen functional groups attached to an aromatic ring is 1. The second-order valence-corrected chi connectivity index (χ2v) is 7.61. The topological polar surface area (TPSA) is 81.4 Å². The van der Waals surface area contributed by atoms with Crippen LogP contribution in [0.15, 0.2) is 50.2 Å². The molecule has 0 fully saturated rings. The molecule has 0 spiro atoms. The molecule has 3 N–H and O–H groups in total. The third kappa shape index (κ3) is 3.69. The van der Waals surface area contributed by atoms with Crippen LogP contribution in [0.2, 0.25) is 0 Å². The Morgan fingerprint density at radius 1 is 1.10 bits per heavy atom. The van der Waals surface area contributed by atoms with Gasteiger partial charge in [0.05, 0.1) is 18.5 Å². The number of halogens is 2. The van der Waals surface area contributed by atoms with Gasteiger partial charge in [0.15, 0.2) is 0 Å². The van der Waals surface area contributed by atoms with Crippen LogP contribution >= 0.6 is 31.9 Å². The molecular formula is C13H12Br2N2O3S. The van der Waals surface area contributed by atoms with E-state index < -0.39 is 10.0 Å². The van der Waals surface area contributed by atoms with Crippen LogP contribution < -0.4 is 15.2 Å². The zero-order chi connectivity index (χ0) is 15.6. The summed E-state index contributed by atoms with van der Waals surface area (Å²) in [6.45, 7) is 0. The maximum Gasteiger partial charge on any atom is 0.264 e. The molecule has 8 heteroatoms. The van der Waals surface area contributed by atoms with E-state index in [0.717, 1.165) is 4.47 Å². The zero-order valence-corrected chi connectivity index (χ0v) is 14.9. The van der Waals surface area contributed by atoms with Crippen LogP contribution in [0.4, 0.5) is 11.4 Å². The summed E-state index contributed by atoms with van der Waals surface area (Å²) in [5.41, 5.74) is 6.24. The fraction of sp³-hybridized carbons (Fsp3) is 0.0769. The van der Waals surface area contributed by atoms with Crippen LogP contribution in [0.25, 0.3) is 0 Å². The molecule has 0 bridgehead atoms. The Morgan fingerprint density at radius 3 is 2.38 bits per heavy atom. The van der Waals surface area contributed by atoms with Crippen molar-refractivity contribution in [2.24, 2.45) is 0 Å². The van der Waals surface area contributed by atoms with E-state index in [0.29, 0.717) is 15.9 Å². The van der Waals surface area contributed by atoms with Gasteiger partial charge in [-0.25, -0.2) is 8.42 Å². The smallest absolute Gasteiger partial charge is 0.264 e. The molecular weight excluding hydrogens is 424 g/mol. The third-order valence-corrected chi connectivity index (χ3v) is 5.08. The lowest BCUT2D eigenvalue weighted by molar-refractivity contribution is 0.417. The van der Waals surface area contributed by atoms with Crippen molar-refractivity contribution in [3.8, 4) is 5.75 Å². The van der Waals surface area contributed by atoms with Crippen LogP contribution in [0.5, 0.6) is 5.75 Å². The van der Waals surface area contributed by atoms with Gasteiger partial charge in [-0.05, 0) is 36.4 Å². The summed E-state index contributed by atoms with van der Waals surface area (Å²) < 4.78 is 33.9. The molecule has 0 heterocycles. The normalized spacial score (nSPS) is 11.2. The van der Waals surface area contributed by atoms with Gasteiger partial charge >= 0.3 is 0 Å².